The first kappa shape index (κ1) is 55.1. The second-order valence-corrected chi connectivity index (χ2v) is 17.8. The van der Waals surface area contributed by atoms with E-state index in [-0.39, 0.29) is 12.1 Å². The zero-order chi connectivity index (χ0) is 42.9. The largest absolute Gasteiger partial charge is 0.462 e. The summed E-state index contributed by atoms with van der Waals surface area (Å²) in [4.78, 5) is 39.7. The third-order valence-electron chi connectivity index (χ3n) is 12.2. The molecule has 8 nitrogen and oxygen atoms in total. The van der Waals surface area contributed by atoms with Gasteiger partial charge < -0.3 is 25.0 Å². The maximum atomic E-state index is 12.9. The standard InChI is InChI=1S/C51H97N3O5/c1-5-8-11-14-17-18-19-20-21-22-23-24-29-34-42-54(44-36-40-52-48-49(51(57)50(48)56)53-41-45-58-4)43-35-30-25-28-33-39-47(55)59-46(37-31-26-15-12-9-6-2)38-32-27-16-13-10-7-3/h46,52-53H,5-45H2,1-4H3. The van der Waals surface area contributed by atoms with Crippen LogP contribution < -0.4 is 21.5 Å². The lowest BCUT2D eigenvalue weighted by Gasteiger charge is -2.23. The van der Waals surface area contributed by atoms with Crippen molar-refractivity contribution >= 4 is 17.3 Å². The quantitative estimate of drug-likeness (QED) is 0.0381. The summed E-state index contributed by atoms with van der Waals surface area (Å²) in [5.41, 5.74) is -0.0184. The van der Waals surface area contributed by atoms with E-state index >= 15 is 0 Å². The fourth-order valence-corrected chi connectivity index (χ4v) is 8.34. The Labute approximate surface area is 364 Å². The number of unbranched alkanes of at least 4 members (excludes halogenated alkanes) is 27. The van der Waals surface area contributed by atoms with Crippen molar-refractivity contribution in [1.29, 1.82) is 0 Å². The predicted molar refractivity (Wildman–Crippen MR) is 255 cm³/mol. The summed E-state index contributed by atoms with van der Waals surface area (Å²) in [7, 11) is 1.62. The summed E-state index contributed by atoms with van der Waals surface area (Å²) >= 11 is 0. The van der Waals surface area contributed by atoms with Crippen LogP contribution in [0.3, 0.4) is 0 Å². The molecule has 0 aliphatic rings. The Morgan fingerprint density at radius 1 is 0.475 bits per heavy atom. The number of anilines is 2. The lowest BCUT2D eigenvalue weighted by molar-refractivity contribution is -0.150. The molecule has 1 aromatic rings. The molecule has 0 atom stereocenters. The Bertz CT molecular complexity index is 1120. The highest BCUT2D eigenvalue weighted by Gasteiger charge is 2.20. The van der Waals surface area contributed by atoms with Crippen molar-refractivity contribution in [3.63, 3.8) is 0 Å². The van der Waals surface area contributed by atoms with E-state index in [1.54, 1.807) is 7.11 Å². The lowest BCUT2D eigenvalue weighted by atomic mass is 10.0. The molecule has 59 heavy (non-hydrogen) atoms. The van der Waals surface area contributed by atoms with Gasteiger partial charge in [-0.1, -0.05) is 188 Å². The second kappa shape index (κ2) is 41.4. The zero-order valence-corrected chi connectivity index (χ0v) is 39.6. The number of hydrogen-bond donors (Lipinski definition) is 2. The number of nitrogens with zero attached hydrogens (tertiary/aromatic N) is 1. The van der Waals surface area contributed by atoms with Crippen molar-refractivity contribution in [3.05, 3.63) is 20.4 Å². The second-order valence-electron chi connectivity index (χ2n) is 17.8. The van der Waals surface area contributed by atoms with Crippen molar-refractivity contribution in [1.82, 2.24) is 4.90 Å². The first-order chi connectivity index (χ1) is 29.0. The van der Waals surface area contributed by atoms with E-state index in [0.717, 1.165) is 58.2 Å². The highest BCUT2D eigenvalue weighted by molar-refractivity contribution is 5.73. The molecule has 1 rings (SSSR count). The Morgan fingerprint density at radius 2 is 0.831 bits per heavy atom. The van der Waals surface area contributed by atoms with Gasteiger partial charge in [0.2, 0.25) is 0 Å². The minimum atomic E-state index is -0.434. The number of methoxy groups -OCH3 is 1. The van der Waals surface area contributed by atoms with Gasteiger partial charge in [0.25, 0.3) is 10.9 Å². The van der Waals surface area contributed by atoms with Gasteiger partial charge in [-0.3, -0.25) is 14.4 Å². The third kappa shape index (κ3) is 31.6. The maximum Gasteiger partial charge on any atom is 0.306 e. The Morgan fingerprint density at radius 3 is 1.25 bits per heavy atom. The zero-order valence-electron chi connectivity index (χ0n) is 39.6. The molecule has 0 aromatic heterocycles. The van der Waals surface area contributed by atoms with Crippen molar-refractivity contribution in [3.8, 4) is 0 Å². The van der Waals surface area contributed by atoms with Crippen LogP contribution in [0.1, 0.15) is 245 Å². The van der Waals surface area contributed by atoms with E-state index in [1.165, 1.54) is 180 Å². The summed E-state index contributed by atoms with van der Waals surface area (Å²) in [5.74, 6) is 0.0153. The van der Waals surface area contributed by atoms with Gasteiger partial charge in [0, 0.05) is 26.6 Å². The summed E-state index contributed by atoms with van der Waals surface area (Å²) in [6.45, 7) is 11.7. The van der Waals surface area contributed by atoms with E-state index in [2.05, 4.69) is 36.3 Å². The molecule has 0 unspecified atom stereocenters. The van der Waals surface area contributed by atoms with Gasteiger partial charge in [-0.25, -0.2) is 0 Å². The van der Waals surface area contributed by atoms with Gasteiger partial charge in [-0.05, 0) is 71.0 Å². The van der Waals surface area contributed by atoms with Gasteiger partial charge in [-0.2, -0.15) is 0 Å². The molecule has 0 radical (unpaired) electrons. The average molecular weight is 832 g/mol. The minimum Gasteiger partial charge on any atom is -0.462 e. The smallest absolute Gasteiger partial charge is 0.306 e. The van der Waals surface area contributed by atoms with E-state index in [4.69, 9.17) is 9.47 Å². The van der Waals surface area contributed by atoms with Crippen LogP contribution in [-0.2, 0) is 14.3 Å². The van der Waals surface area contributed by atoms with E-state index in [1.807, 2.05) is 0 Å². The Kier molecular flexibility index (Phi) is 38.7. The van der Waals surface area contributed by atoms with Crippen molar-refractivity contribution in [2.24, 2.45) is 0 Å². The van der Waals surface area contributed by atoms with Crippen LogP contribution in [0.25, 0.3) is 0 Å². The van der Waals surface area contributed by atoms with Crippen LogP contribution in [0, 0.1) is 0 Å². The molecule has 0 amide bonds. The summed E-state index contributed by atoms with van der Waals surface area (Å²) in [6, 6.07) is 0. The topological polar surface area (TPSA) is 97.0 Å². The van der Waals surface area contributed by atoms with E-state index in [9.17, 15) is 14.4 Å². The molecular formula is C51H97N3O5. The van der Waals surface area contributed by atoms with Crippen molar-refractivity contribution in [2.45, 2.75) is 252 Å². The number of carbonyl (C=O) groups excluding carboxylic acids is 1. The molecule has 1 aromatic carbocycles. The first-order valence-corrected chi connectivity index (χ1v) is 25.7. The average Bonchev–Trinajstić information content (AvgIpc) is 3.24. The fourth-order valence-electron chi connectivity index (χ4n) is 8.34. The van der Waals surface area contributed by atoms with Crippen molar-refractivity contribution in [2.75, 3.05) is 57.1 Å². The molecule has 8 heteroatoms. The van der Waals surface area contributed by atoms with Crippen LogP contribution in [0.5, 0.6) is 0 Å². The van der Waals surface area contributed by atoms with Gasteiger partial charge in [0.15, 0.2) is 0 Å². The van der Waals surface area contributed by atoms with Gasteiger partial charge in [-0.15, -0.1) is 0 Å². The number of rotatable bonds is 47. The molecule has 0 heterocycles. The lowest BCUT2D eigenvalue weighted by Crippen LogP contribution is -2.38. The Hall–Kier alpha value is -1.93. The van der Waals surface area contributed by atoms with E-state index < -0.39 is 10.9 Å². The number of esters is 1. The van der Waals surface area contributed by atoms with Crippen LogP contribution in [0.2, 0.25) is 0 Å². The molecular weight excluding hydrogens is 735 g/mol. The molecule has 0 saturated heterocycles. The van der Waals surface area contributed by atoms with Crippen LogP contribution in [0.4, 0.5) is 11.4 Å². The molecule has 0 saturated carbocycles. The maximum absolute atomic E-state index is 12.9. The minimum absolute atomic E-state index is 0.0153. The molecule has 0 spiro atoms. The molecule has 346 valence electrons. The summed E-state index contributed by atoms with van der Waals surface area (Å²) < 4.78 is 11.2. The number of nitrogens with one attached hydrogen (secondary N) is 2. The van der Waals surface area contributed by atoms with E-state index in [0.29, 0.717) is 37.5 Å². The van der Waals surface area contributed by atoms with Gasteiger partial charge in [0.1, 0.15) is 17.5 Å². The van der Waals surface area contributed by atoms with Crippen LogP contribution in [-0.4, -0.2) is 63.4 Å². The highest BCUT2D eigenvalue weighted by atomic mass is 16.5. The fraction of sp³-hybridized carbons (Fsp3) is 0.902. The first-order valence-electron chi connectivity index (χ1n) is 25.7. The third-order valence-corrected chi connectivity index (χ3v) is 12.2. The monoisotopic (exact) mass is 832 g/mol. The molecule has 0 fully saturated rings. The summed E-state index contributed by atoms with van der Waals surface area (Å²) in [5, 5.41) is 6.29. The molecule has 0 bridgehead atoms. The molecule has 0 aliphatic carbocycles. The SMILES string of the molecule is CCCCCCCCCCCCCCCCN(CCCCCCCC(=O)OC(CCCCCCCC)CCCCCCCC)CCCNc1c(NCCOC)c(=O)c1=O. The predicted octanol–water partition coefficient (Wildman–Crippen LogP) is 13.7. The molecule has 2 N–H and O–H groups in total. The van der Waals surface area contributed by atoms with Crippen LogP contribution >= 0.6 is 0 Å². The normalized spacial score (nSPS) is 11.7. The Balaban J connectivity index is 2.41. The van der Waals surface area contributed by atoms with Crippen LogP contribution in [0.15, 0.2) is 9.59 Å². The summed E-state index contributed by atoms with van der Waals surface area (Å²) in [6.07, 6.45) is 43.7. The molecule has 0 aliphatic heterocycles. The highest BCUT2D eigenvalue weighted by Crippen LogP contribution is 2.19. The van der Waals surface area contributed by atoms with Gasteiger partial charge in [0.05, 0.1) is 6.61 Å². The number of carbonyl (C=O) groups is 1. The number of hydrogen-bond acceptors (Lipinski definition) is 8. The van der Waals surface area contributed by atoms with Crippen molar-refractivity contribution < 1.29 is 14.3 Å². The number of ether oxygens (including phenoxy) is 2. The van der Waals surface area contributed by atoms with Gasteiger partial charge >= 0.3 is 5.97 Å².